The summed E-state index contributed by atoms with van der Waals surface area (Å²) in [4.78, 5) is 17.7. The van der Waals surface area contributed by atoms with Crippen LogP contribution < -0.4 is 0 Å². The number of nitrogens with zero attached hydrogens (tertiary/aromatic N) is 1. The third kappa shape index (κ3) is 2.71. The lowest BCUT2D eigenvalue weighted by Gasteiger charge is -2.01. The summed E-state index contributed by atoms with van der Waals surface area (Å²) in [6, 6.07) is 5.42. The molecule has 0 spiro atoms. The number of carbonyl (C=O) groups excluding carboxylic acids is 1. The number of hydrogen-bond acceptors (Lipinski definition) is 4. The zero-order chi connectivity index (χ0) is 13.1. The van der Waals surface area contributed by atoms with E-state index in [1.807, 2.05) is 19.1 Å². The highest BCUT2D eigenvalue weighted by Gasteiger charge is 2.10. The van der Waals surface area contributed by atoms with E-state index in [4.69, 9.17) is 16.3 Å². The second kappa shape index (κ2) is 5.50. The molecule has 0 bridgehead atoms. The van der Waals surface area contributed by atoms with Crippen molar-refractivity contribution in [1.29, 1.82) is 0 Å². The largest absolute Gasteiger partial charge is 0.461 e. The fourth-order valence-electron chi connectivity index (χ4n) is 1.47. The maximum atomic E-state index is 11.4. The van der Waals surface area contributed by atoms with Crippen LogP contribution in [0, 0.1) is 6.92 Å². The lowest BCUT2D eigenvalue weighted by molar-refractivity contribution is 0.0519. The number of ether oxygens (including phenoxy) is 1. The van der Waals surface area contributed by atoms with Gasteiger partial charge in [-0.1, -0.05) is 11.6 Å². The minimum Gasteiger partial charge on any atom is -0.461 e. The maximum absolute atomic E-state index is 11.4. The summed E-state index contributed by atoms with van der Waals surface area (Å²) in [5.74, 6) is -0.399. The molecule has 0 atom stereocenters. The summed E-state index contributed by atoms with van der Waals surface area (Å²) in [7, 11) is 0. The molecule has 0 radical (unpaired) electrons. The van der Waals surface area contributed by atoms with Crippen molar-refractivity contribution in [2.45, 2.75) is 13.8 Å². The molecular formula is C13H12ClNO2S. The Morgan fingerprint density at radius 1 is 1.50 bits per heavy atom. The van der Waals surface area contributed by atoms with Crippen molar-refractivity contribution >= 4 is 28.9 Å². The highest BCUT2D eigenvalue weighted by molar-refractivity contribution is 7.16. The first-order valence-electron chi connectivity index (χ1n) is 5.51. The summed E-state index contributed by atoms with van der Waals surface area (Å²) in [6.45, 7) is 4.08. The van der Waals surface area contributed by atoms with E-state index in [1.54, 1.807) is 30.5 Å². The van der Waals surface area contributed by atoms with Crippen LogP contribution in [0.4, 0.5) is 0 Å². The van der Waals surface area contributed by atoms with Gasteiger partial charge in [0.1, 0.15) is 5.69 Å². The van der Waals surface area contributed by atoms with Crippen LogP contribution in [0.1, 0.15) is 22.3 Å². The number of rotatable bonds is 3. The van der Waals surface area contributed by atoms with E-state index < -0.39 is 5.97 Å². The first-order valence-corrected chi connectivity index (χ1v) is 6.70. The van der Waals surface area contributed by atoms with Crippen molar-refractivity contribution < 1.29 is 9.53 Å². The third-order valence-electron chi connectivity index (χ3n) is 2.39. The fourth-order valence-corrected chi connectivity index (χ4v) is 2.66. The Kier molecular flexibility index (Phi) is 3.99. The summed E-state index contributed by atoms with van der Waals surface area (Å²) >= 11 is 7.62. The van der Waals surface area contributed by atoms with E-state index >= 15 is 0 Å². The van der Waals surface area contributed by atoms with Crippen molar-refractivity contribution in [3.63, 3.8) is 0 Å². The van der Waals surface area contributed by atoms with Gasteiger partial charge < -0.3 is 4.74 Å². The van der Waals surface area contributed by atoms with E-state index in [0.29, 0.717) is 12.3 Å². The maximum Gasteiger partial charge on any atom is 0.356 e. The van der Waals surface area contributed by atoms with Gasteiger partial charge in [-0.2, -0.15) is 0 Å². The molecule has 0 fully saturated rings. The number of aryl methyl sites for hydroxylation is 1. The highest BCUT2D eigenvalue weighted by Crippen LogP contribution is 2.33. The number of pyridine rings is 1. The van der Waals surface area contributed by atoms with Gasteiger partial charge in [0.25, 0.3) is 0 Å². The van der Waals surface area contributed by atoms with Crippen LogP contribution in [-0.2, 0) is 4.74 Å². The molecule has 0 saturated heterocycles. The second-order valence-corrected chi connectivity index (χ2v) is 5.33. The van der Waals surface area contributed by atoms with Gasteiger partial charge in [0.05, 0.1) is 11.6 Å². The van der Waals surface area contributed by atoms with Gasteiger partial charge in [-0.15, -0.1) is 11.3 Å². The van der Waals surface area contributed by atoms with Crippen LogP contribution in [0.25, 0.3) is 10.4 Å². The molecular weight excluding hydrogens is 270 g/mol. The Balaban J connectivity index is 2.24. The number of hydrogen-bond donors (Lipinski definition) is 0. The van der Waals surface area contributed by atoms with Crippen LogP contribution in [0.2, 0.25) is 5.02 Å². The van der Waals surface area contributed by atoms with Crippen LogP contribution in [-0.4, -0.2) is 17.6 Å². The molecule has 18 heavy (non-hydrogen) atoms. The lowest BCUT2D eigenvalue weighted by Crippen LogP contribution is -2.06. The van der Waals surface area contributed by atoms with E-state index in [9.17, 15) is 4.79 Å². The zero-order valence-corrected chi connectivity index (χ0v) is 11.6. The van der Waals surface area contributed by atoms with Gasteiger partial charge in [0, 0.05) is 21.5 Å². The quantitative estimate of drug-likeness (QED) is 0.800. The molecule has 5 heteroatoms. The minimum atomic E-state index is -0.399. The molecule has 0 aliphatic rings. The predicted octanol–water partition coefficient (Wildman–Crippen LogP) is 3.95. The molecule has 0 aliphatic heterocycles. The fraction of sp³-hybridized carbons (Fsp3) is 0.231. The van der Waals surface area contributed by atoms with Crippen LogP contribution in [0.5, 0.6) is 0 Å². The first kappa shape index (κ1) is 13.1. The van der Waals surface area contributed by atoms with E-state index in [-0.39, 0.29) is 0 Å². The van der Waals surface area contributed by atoms with Gasteiger partial charge in [-0.3, -0.25) is 0 Å². The molecule has 0 amide bonds. The van der Waals surface area contributed by atoms with Gasteiger partial charge in [-0.05, 0) is 32.0 Å². The number of thiophene rings is 1. The standard InChI is InChI=1S/C13H12ClNO2S/c1-3-17-13(16)11-5-4-9(7-15-11)12-6-10(14)8(2)18-12/h4-7H,3H2,1-2H3. The molecule has 0 unspecified atom stereocenters. The average molecular weight is 282 g/mol. The molecule has 2 rings (SSSR count). The van der Waals surface area contributed by atoms with Crippen LogP contribution in [0.3, 0.4) is 0 Å². The van der Waals surface area contributed by atoms with E-state index in [0.717, 1.165) is 20.3 Å². The average Bonchev–Trinajstić information content (AvgIpc) is 2.70. The van der Waals surface area contributed by atoms with Crippen molar-refractivity contribution in [3.8, 4) is 10.4 Å². The lowest BCUT2D eigenvalue weighted by atomic mass is 10.2. The minimum absolute atomic E-state index is 0.319. The molecule has 2 aromatic heterocycles. The Morgan fingerprint density at radius 2 is 2.28 bits per heavy atom. The Morgan fingerprint density at radius 3 is 2.78 bits per heavy atom. The number of halogens is 1. The monoisotopic (exact) mass is 281 g/mol. The molecule has 2 aromatic rings. The third-order valence-corrected chi connectivity index (χ3v) is 3.99. The first-order chi connectivity index (χ1) is 8.61. The smallest absolute Gasteiger partial charge is 0.356 e. The Hall–Kier alpha value is -1.39. The molecule has 0 N–H and O–H groups in total. The van der Waals surface area contributed by atoms with Crippen LogP contribution >= 0.6 is 22.9 Å². The van der Waals surface area contributed by atoms with Gasteiger partial charge in [0.15, 0.2) is 0 Å². The molecule has 2 heterocycles. The molecule has 94 valence electrons. The summed E-state index contributed by atoms with van der Waals surface area (Å²) < 4.78 is 4.88. The summed E-state index contributed by atoms with van der Waals surface area (Å²) in [5, 5.41) is 0.754. The molecule has 3 nitrogen and oxygen atoms in total. The zero-order valence-electron chi connectivity index (χ0n) is 10.1. The summed E-state index contributed by atoms with van der Waals surface area (Å²) in [5.41, 5.74) is 1.27. The van der Waals surface area contributed by atoms with Crippen LogP contribution in [0.15, 0.2) is 24.4 Å². The number of carbonyl (C=O) groups is 1. The van der Waals surface area contributed by atoms with Gasteiger partial charge in [-0.25, -0.2) is 9.78 Å². The highest BCUT2D eigenvalue weighted by atomic mass is 35.5. The summed E-state index contributed by atoms with van der Waals surface area (Å²) in [6.07, 6.45) is 1.66. The van der Waals surface area contributed by atoms with Gasteiger partial charge >= 0.3 is 5.97 Å². The van der Waals surface area contributed by atoms with Crippen molar-refractivity contribution in [2.75, 3.05) is 6.61 Å². The topological polar surface area (TPSA) is 39.2 Å². The molecule has 0 aliphatic carbocycles. The van der Waals surface area contributed by atoms with Gasteiger partial charge in [0.2, 0.25) is 0 Å². The second-order valence-electron chi connectivity index (χ2n) is 3.67. The molecule has 0 aromatic carbocycles. The predicted molar refractivity (Wildman–Crippen MR) is 73.3 cm³/mol. The SMILES string of the molecule is CCOC(=O)c1ccc(-c2cc(Cl)c(C)s2)cn1. The normalized spacial score (nSPS) is 10.4. The number of aromatic nitrogens is 1. The number of esters is 1. The Labute approximate surface area is 114 Å². The van der Waals surface area contributed by atoms with Crippen molar-refractivity contribution in [3.05, 3.63) is 40.0 Å². The molecule has 0 saturated carbocycles. The van der Waals surface area contributed by atoms with E-state index in [2.05, 4.69) is 4.98 Å². The Bertz CT molecular complexity index is 543. The van der Waals surface area contributed by atoms with Crippen molar-refractivity contribution in [1.82, 2.24) is 4.98 Å². The van der Waals surface area contributed by atoms with Crippen molar-refractivity contribution in [2.24, 2.45) is 0 Å². The van der Waals surface area contributed by atoms with E-state index in [1.165, 1.54) is 0 Å².